The zero-order valence-electron chi connectivity index (χ0n) is 8.33. The predicted octanol–water partition coefficient (Wildman–Crippen LogP) is 2.36. The summed E-state index contributed by atoms with van der Waals surface area (Å²) in [5, 5.41) is 1.53. The summed E-state index contributed by atoms with van der Waals surface area (Å²) >= 11 is 6.20. The number of methoxy groups -OCH3 is 1. The Hall–Kier alpha value is -1.32. The lowest BCUT2D eigenvalue weighted by atomic mass is 10.1. The summed E-state index contributed by atoms with van der Waals surface area (Å²) in [6.45, 7) is 0.388. The number of hydrogen-bond donors (Lipinski definition) is 1. The minimum atomic E-state index is 0.388. The molecule has 2 rings (SSSR count). The van der Waals surface area contributed by atoms with Gasteiger partial charge in [-0.2, -0.15) is 0 Å². The van der Waals surface area contributed by atoms with Crippen LogP contribution >= 0.6 is 11.6 Å². The minimum Gasteiger partial charge on any atom is -0.494 e. The van der Waals surface area contributed by atoms with Gasteiger partial charge in [-0.15, -0.1) is 0 Å². The van der Waals surface area contributed by atoms with E-state index in [-0.39, 0.29) is 0 Å². The first-order chi connectivity index (χ1) is 7.27. The molecule has 2 N–H and O–H groups in total. The Bertz CT molecular complexity index is 499. The molecule has 0 amide bonds. The van der Waals surface area contributed by atoms with Crippen molar-refractivity contribution in [3.63, 3.8) is 0 Å². The van der Waals surface area contributed by atoms with Crippen LogP contribution in [-0.2, 0) is 6.54 Å². The Balaban J connectivity index is 2.78. The molecule has 0 bridgehead atoms. The lowest BCUT2D eigenvalue weighted by molar-refractivity contribution is 0.419. The van der Waals surface area contributed by atoms with Crippen LogP contribution in [0.5, 0.6) is 5.75 Å². The van der Waals surface area contributed by atoms with E-state index in [0.717, 1.165) is 22.2 Å². The molecule has 0 saturated carbocycles. The van der Waals surface area contributed by atoms with Crippen LogP contribution in [0.4, 0.5) is 0 Å². The fourth-order valence-corrected chi connectivity index (χ4v) is 1.79. The van der Waals surface area contributed by atoms with Gasteiger partial charge in [0.25, 0.3) is 0 Å². The van der Waals surface area contributed by atoms with Crippen molar-refractivity contribution in [3.05, 3.63) is 35.0 Å². The van der Waals surface area contributed by atoms with E-state index in [0.29, 0.717) is 11.6 Å². The van der Waals surface area contributed by atoms with Crippen LogP contribution in [0, 0.1) is 0 Å². The van der Waals surface area contributed by atoms with Crippen LogP contribution in [0.2, 0.25) is 5.02 Å². The SMILES string of the molecule is COc1cccc2c(Cl)c(CN)cnc12. The summed E-state index contributed by atoms with van der Waals surface area (Å²) in [6.07, 6.45) is 1.69. The molecule has 0 saturated heterocycles. The maximum Gasteiger partial charge on any atom is 0.145 e. The third kappa shape index (κ3) is 1.64. The summed E-state index contributed by atoms with van der Waals surface area (Å²) < 4.78 is 5.20. The number of ether oxygens (including phenoxy) is 1. The standard InChI is InChI=1S/C11H11ClN2O/c1-15-9-4-2-3-8-10(12)7(5-13)6-14-11(8)9/h2-4,6H,5,13H2,1H3. The molecule has 3 nitrogen and oxygen atoms in total. The highest BCUT2D eigenvalue weighted by Gasteiger charge is 2.08. The smallest absolute Gasteiger partial charge is 0.145 e. The highest BCUT2D eigenvalue weighted by atomic mass is 35.5. The Morgan fingerprint density at radius 1 is 1.47 bits per heavy atom. The average molecular weight is 223 g/mol. The lowest BCUT2D eigenvalue weighted by Crippen LogP contribution is -1.99. The average Bonchev–Trinajstić information content (AvgIpc) is 2.29. The molecule has 0 aliphatic carbocycles. The molecule has 0 unspecified atom stereocenters. The van der Waals surface area contributed by atoms with Crippen LogP contribution in [0.3, 0.4) is 0 Å². The van der Waals surface area contributed by atoms with Crippen LogP contribution in [0.25, 0.3) is 10.9 Å². The van der Waals surface area contributed by atoms with Crippen molar-refractivity contribution in [1.82, 2.24) is 4.98 Å². The first kappa shape index (κ1) is 10.2. The largest absolute Gasteiger partial charge is 0.494 e. The van der Waals surface area contributed by atoms with Crippen LogP contribution in [0.1, 0.15) is 5.56 Å². The summed E-state index contributed by atoms with van der Waals surface area (Å²) in [5.41, 5.74) is 7.17. The molecule has 15 heavy (non-hydrogen) atoms. The van der Waals surface area contributed by atoms with Gasteiger partial charge in [0.1, 0.15) is 11.3 Å². The predicted molar refractivity (Wildman–Crippen MR) is 61.2 cm³/mol. The Morgan fingerprint density at radius 2 is 2.27 bits per heavy atom. The van der Waals surface area contributed by atoms with Gasteiger partial charge in [0.05, 0.1) is 12.1 Å². The van der Waals surface area contributed by atoms with Crippen molar-refractivity contribution in [2.24, 2.45) is 5.73 Å². The number of pyridine rings is 1. The molecule has 0 fully saturated rings. The molecule has 0 aliphatic heterocycles. The fraction of sp³-hybridized carbons (Fsp3) is 0.182. The van der Waals surface area contributed by atoms with Gasteiger partial charge in [-0.25, -0.2) is 0 Å². The van der Waals surface area contributed by atoms with E-state index in [1.54, 1.807) is 13.3 Å². The van der Waals surface area contributed by atoms with E-state index in [9.17, 15) is 0 Å². The molecule has 0 spiro atoms. The fourth-order valence-electron chi connectivity index (χ4n) is 1.51. The number of benzene rings is 1. The second-order valence-electron chi connectivity index (χ2n) is 3.16. The number of fused-ring (bicyclic) bond motifs is 1. The van der Waals surface area contributed by atoms with E-state index in [1.807, 2.05) is 18.2 Å². The topological polar surface area (TPSA) is 48.1 Å². The zero-order valence-corrected chi connectivity index (χ0v) is 9.08. The minimum absolute atomic E-state index is 0.388. The summed E-state index contributed by atoms with van der Waals surface area (Å²) in [4.78, 5) is 4.29. The molecule has 0 aliphatic rings. The van der Waals surface area contributed by atoms with Gasteiger partial charge in [0, 0.05) is 23.7 Å². The number of rotatable bonds is 2. The maximum absolute atomic E-state index is 6.20. The van der Waals surface area contributed by atoms with Gasteiger partial charge in [0.15, 0.2) is 0 Å². The van der Waals surface area contributed by atoms with Crippen molar-refractivity contribution in [2.75, 3.05) is 7.11 Å². The Morgan fingerprint density at radius 3 is 2.93 bits per heavy atom. The van der Waals surface area contributed by atoms with Crippen molar-refractivity contribution >= 4 is 22.5 Å². The lowest BCUT2D eigenvalue weighted by Gasteiger charge is -2.07. The normalized spacial score (nSPS) is 10.6. The van der Waals surface area contributed by atoms with E-state index in [1.165, 1.54) is 0 Å². The Labute approximate surface area is 92.8 Å². The quantitative estimate of drug-likeness (QED) is 0.849. The number of nitrogens with zero attached hydrogens (tertiary/aromatic N) is 1. The second-order valence-corrected chi connectivity index (χ2v) is 3.54. The third-order valence-electron chi connectivity index (χ3n) is 2.31. The maximum atomic E-state index is 6.20. The van der Waals surface area contributed by atoms with Crippen LogP contribution < -0.4 is 10.5 Å². The molecule has 2 aromatic rings. The molecule has 1 aromatic carbocycles. The zero-order chi connectivity index (χ0) is 10.8. The van der Waals surface area contributed by atoms with Gasteiger partial charge < -0.3 is 10.5 Å². The van der Waals surface area contributed by atoms with Crippen molar-refractivity contribution < 1.29 is 4.74 Å². The first-order valence-corrected chi connectivity index (χ1v) is 4.96. The van der Waals surface area contributed by atoms with Gasteiger partial charge >= 0.3 is 0 Å². The van der Waals surface area contributed by atoms with Crippen LogP contribution in [0.15, 0.2) is 24.4 Å². The molecule has 0 radical (unpaired) electrons. The van der Waals surface area contributed by atoms with E-state index in [2.05, 4.69) is 4.98 Å². The summed E-state index contributed by atoms with van der Waals surface area (Å²) in [7, 11) is 1.61. The number of nitrogens with two attached hydrogens (primary N) is 1. The van der Waals surface area contributed by atoms with Gasteiger partial charge in [-0.3, -0.25) is 4.98 Å². The molecular weight excluding hydrogens is 212 g/mol. The number of para-hydroxylation sites is 1. The molecule has 1 aromatic heterocycles. The number of hydrogen-bond acceptors (Lipinski definition) is 3. The highest BCUT2D eigenvalue weighted by Crippen LogP contribution is 2.30. The number of halogens is 1. The molecule has 1 heterocycles. The van der Waals surface area contributed by atoms with E-state index >= 15 is 0 Å². The molecule has 4 heteroatoms. The summed E-state index contributed by atoms with van der Waals surface area (Å²) in [5.74, 6) is 0.720. The molecule has 0 atom stereocenters. The Kier molecular flexibility index (Phi) is 2.75. The van der Waals surface area contributed by atoms with Gasteiger partial charge in [-0.05, 0) is 6.07 Å². The van der Waals surface area contributed by atoms with Gasteiger partial charge in [0.2, 0.25) is 0 Å². The molecule has 78 valence electrons. The summed E-state index contributed by atoms with van der Waals surface area (Å²) in [6, 6.07) is 5.65. The first-order valence-electron chi connectivity index (χ1n) is 4.58. The third-order valence-corrected chi connectivity index (χ3v) is 2.75. The van der Waals surface area contributed by atoms with Crippen LogP contribution in [-0.4, -0.2) is 12.1 Å². The monoisotopic (exact) mass is 222 g/mol. The second kappa shape index (κ2) is 4.04. The van der Waals surface area contributed by atoms with E-state index < -0.39 is 0 Å². The van der Waals surface area contributed by atoms with E-state index in [4.69, 9.17) is 22.1 Å². The van der Waals surface area contributed by atoms with Crippen molar-refractivity contribution in [1.29, 1.82) is 0 Å². The van der Waals surface area contributed by atoms with Gasteiger partial charge in [-0.1, -0.05) is 23.7 Å². The molecular formula is C11H11ClN2O. The number of aromatic nitrogens is 1. The van der Waals surface area contributed by atoms with Crippen molar-refractivity contribution in [2.45, 2.75) is 6.54 Å². The highest BCUT2D eigenvalue weighted by molar-refractivity contribution is 6.36. The van der Waals surface area contributed by atoms with Crippen molar-refractivity contribution in [3.8, 4) is 5.75 Å².